The fourth-order valence-electron chi connectivity index (χ4n) is 3.31. The molecule has 0 aromatic carbocycles. The SMILES string of the molecule is O=C(c1cnc(CN2CCCC2)s1)N1CCC[C@@](O)(CO)CC1. The zero-order valence-corrected chi connectivity index (χ0v) is 14.2. The highest BCUT2D eigenvalue weighted by Crippen LogP contribution is 2.24. The lowest BCUT2D eigenvalue weighted by Gasteiger charge is -2.24. The highest BCUT2D eigenvalue weighted by molar-refractivity contribution is 7.13. The predicted molar refractivity (Wildman–Crippen MR) is 88.4 cm³/mol. The standard InChI is InChI=1S/C16H25N3O3S/c20-12-16(22)4-3-8-19(9-5-16)15(21)13-10-17-14(23-13)11-18-6-1-2-7-18/h10,20,22H,1-9,11-12H2/t16-/m0/s1. The largest absolute Gasteiger partial charge is 0.393 e. The quantitative estimate of drug-likeness (QED) is 0.859. The van der Waals surface area contributed by atoms with Crippen molar-refractivity contribution in [2.45, 2.75) is 44.2 Å². The molecule has 0 radical (unpaired) electrons. The first-order chi connectivity index (χ1) is 11.1. The molecule has 128 valence electrons. The van der Waals surface area contributed by atoms with Gasteiger partial charge in [-0.15, -0.1) is 11.3 Å². The zero-order chi connectivity index (χ0) is 16.3. The molecular weight excluding hydrogens is 314 g/mol. The van der Waals surface area contributed by atoms with E-state index in [0.717, 1.165) is 24.6 Å². The average Bonchev–Trinajstić information content (AvgIpc) is 3.18. The summed E-state index contributed by atoms with van der Waals surface area (Å²) in [5.41, 5.74) is -1.04. The summed E-state index contributed by atoms with van der Waals surface area (Å²) in [6, 6.07) is 0. The lowest BCUT2D eigenvalue weighted by atomic mass is 9.96. The van der Waals surface area contributed by atoms with Crippen molar-refractivity contribution in [1.82, 2.24) is 14.8 Å². The Bertz CT molecular complexity index is 544. The topological polar surface area (TPSA) is 76.9 Å². The summed E-state index contributed by atoms with van der Waals surface area (Å²) in [7, 11) is 0. The molecule has 1 aromatic heterocycles. The number of carbonyl (C=O) groups excluding carboxylic acids is 1. The molecule has 0 spiro atoms. The van der Waals surface area contributed by atoms with Crippen molar-refractivity contribution in [1.29, 1.82) is 0 Å². The molecule has 0 bridgehead atoms. The second-order valence-electron chi connectivity index (χ2n) is 6.63. The van der Waals surface area contributed by atoms with Crippen LogP contribution in [0.5, 0.6) is 0 Å². The number of aliphatic hydroxyl groups is 2. The Balaban J connectivity index is 1.60. The number of aliphatic hydroxyl groups excluding tert-OH is 1. The first kappa shape index (κ1) is 16.8. The second kappa shape index (κ2) is 7.25. The van der Waals surface area contributed by atoms with E-state index in [1.807, 2.05) is 0 Å². The molecule has 1 amide bonds. The number of carbonyl (C=O) groups is 1. The molecule has 2 N–H and O–H groups in total. The van der Waals surface area contributed by atoms with Crippen molar-refractivity contribution in [3.8, 4) is 0 Å². The summed E-state index contributed by atoms with van der Waals surface area (Å²) in [6.07, 6.45) is 5.85. The van der Waals surface area contributed by atoms with E-state index in [9.17, 15) is 15.0 Å². The molecule has 7 heteroatoms. The summed E-state index contributed by atoms with van der Waals surface area (Å²) in [5.74, 6) is -0.00244. The van der Waals surface area contributed by atoms with Crippen molar-refractivity contribution in [3.05, 3.63) is 16.1 Å². The number of hydrogen-bond acceptors (Lipinski definition) is 6. The van der Waals surface area contributed by atoms with E-state index in [1.165, 1.54) is 24.2 Å². The fourth-order valence-corrected chi connectivity index (χ4v) is 4.24. The maximum atomic E-state index is 12.6. The molecule has 3 rings (SSSR count). The van der Waals surface area contributed by atoms with Crippen LogP contribution in [0.1, 0.15) is 46.8 Å². The Morgan fingerprint density at radius 1 is 1.22 bits per heavy atom. The van der Waals surface area contributed by atoms with E-state index >= 15 is 0 Å². The third-order valence-corrected chi connectivity index (χ3v) is 5.79. The van der Waals surface area contributed by atoms with Gasteiger partial charge in [-0.05, 0) is 45.2 Å². The lowest BCUT2D eigenvalue weighted by molar-refractivity contribution is -0.0250. The van der Waals surface area contributed by atoms with Gasteiger partial charge in [-0.1, -0.05) is 0 Å². The maximum absolute atomic E-state index is 12.6. The smallest absolute Gasteiger partial charge is 0.265 e. The Morgan fingerprint density at radius 2 is 2.00 bits per heavy atom. The molecule has 2 aliphatic rings. The minimum Gasteiger partial charge on any atom is -0.393 e. The van der Waals surface area contributed by atoms with Crippen LogP contribution in [0.25, 0.3) is 0 Å². The molecule has 2 saturated heterocycles. The van der Waals surface area contributed by atoms with Crippen molar-refractivity contribution >= 4 is 17.2 Å². The van der Waals surface area contributed by atoms with Gasteiger partial charge in [0.25, 0.3) is 5.91 Å². The Morgan fingerprint density at radius 3 is 2.74 bits per heavy atom. The van der Waals surface area contributed by atoms with E-state index in [2.05, 4.69) is 9.88 Å². The number of likely N-dealkylation sites (tertiary alicyclic amines) is 2. The van der Waals surface area contributed by atoms with Gasteiger partial charge in [0.05, 0.1) is 24.9 Å². The van der Waals surface area contributed by atoms with Crippen molar-refractivity contribution in [2.24, 2.45) is 0 Å². The number of nitrogens with zero attached hydrogens (tertiary/aromatic N) is 3. The van der Waals surface area contributed by atoms with Crippen LogP contribution in [0.4, 0.5) is 0 Å². The Hall–Kier alpha value is -1.02. The minimum atomic E-state index is -1.04. The highest BCUT2D eigenvalue weighted by Gasteiger charge is 2.31. The van der Waals surface area contributed by atoms with Crippen LogP contribution >= 0.6 is 11.3 Å². The van der Waals surface area contributed by atoms with E-state index < -0.39 is 5.60 Å². The summed E-state index contributed by atoms with van der Waals surface area (Å²) in [6.45, 7) is 3.94. The molecule has 0 saturated carbocycles. The third kappa shape index (κ3) is 4.09. The van der Waals surface area contributed by atoms with Crippen molar-refractivity contribution in [2.75, 3.05) is 32.8 Å². The Labute approximate surface area is 140 Å². The van der Waals surface area contributed by atoms with Crippen LogP contribution in [-0.4, -0.2) is 69.3 Å². The Kier molecular flexibility index (Phi) is 5.31. The van der Waals surface area contributed by atoms with Crippen LogP contribution in [0.3, 0.4) is 0 Å². The van der Waals surface area contributed by atoms with Gasteiger partial charge in [-0.2, -0.15) is 0 Å². The van der Waals surface area contributed by atoms with Crippen molar-refractivity contribution < 1.29 is 15.0 Å². The summed E-state index contributed by atoms with van der Waals surface area (Å²) in [4.78, 5) is 21.9. The molecule has 3 heterocycles. The van der Waals surface area contributed by atoms with Crippen LogP contribution in [0.2, 0.25) is 0 Å². The van der Waals surface area contributed by atoms with E-state index in [4.69, 9.17) is 0 Å². The van der Waals surface area contributed by atoms with Gasteiger partial charge < -0.3 is 15.1 Å². The van der Waals surface area contributed by atoms with E-state index in [0.29, 0.717) is 37.2 Å². The van der Waals surface area contributed by atoms with Crippen LogP contribution in [-0.2, 0) is 6.54 Å². The van der Waals surface area contributed by atoms with Gasteiger partial charge >= 0.3 is 0 Å². The monoisotopic (exact) mass is 339 g/mol. The zero-order valence-electron chi connectivity index (χ0n) is 13.4. The van der Waals surface area contributed by atoms with Crippen LogP contribution in [0.15, 0.2) is 6.20 Å². The normalized spacial score (nSPS) is 26.4. The lowest BCUT2D eigenvalue weighted by Crippen LogP contribution is -2.36. The molecule has 23 heavy (non-hydrogen) atoms. The first-order valence-electron chi connectivity index (χ1n) is 8.39. The van der Waals surface area contributed by atoms with Crippen LogP contribution < -0.4 is 0 Å². The summed E-state index contributed by atoms with van der Waals surface area (Å²) < 4.78 is 0. The predicted octanol–water partition coefficient (Wildman–Crippen LogP) is 1.09. The number of aromatic nitrogens is 1. The second-order valence-corrected chi connectivity index (χ2v) is 7.74. The fraction of sp³-hybridized carbons (Fsp3) is 0.750. The number of rotatable bonds is 4. The first-order valence-corrected chi connectivity index (χ1v) is 9.21. The van der Waals surface area contributed by atoms with E-state index in [1.54, 1.807) is 11.1 Å². The molecule has 6 nitrogen and oxygen atoms in total. The third-order valence-electron chi connectivity index (χ3n) is 4.82. The molecular formula is C16H25N3O3S. The van der Waals surface area contributed by atoms with Gasteiger partial charge in [0.2, 0.25) is 0 Å². The molecule has 1 atom stereocenters. The number of hydrogen-bond donors (Lipinski definition) is 2. The van der Waals surface area contributed by atoms with Gasteiger partial charge in [-0.25, -0.2) is 4.98 Å². The van der Waals surface area contributed by atoms with Crippen LogP contribution in [0, 0.1) is 0 Å². The van der Waals surface area contributed by atoms with Gasteiger partial charge in [0.1, 0.15) is 9.88 Å². The van der Waals surface area contributed by atoms with Gasteiger partial charge in [0.15, 0.2) is 0 Å². The summed E-state index contributed by atoms with van der Waals surface area (Å²) in [5, 5.41) is 20.5. The molecule has 2 aliphatic heterocycles. The van der Waals surface area contributed by atoms with Gasteiger partial charge in [-0.3, -0.25) is 9.69 Å². The van der Waals surface area contributed by atoms with E-state index in [-0.39, 0.29) is 12.5 Å². The molecule has 0 unspecified atom stereocenters. The average molecular weight is 339 g/mol. The number of thiazole rings is 1. The molecule has 2 fully saturated rings. The molecule has 0 aliphatic carbocycles. The summed E-state index contributed by atoms with van der Waals surface area (Å²) >= 11 is 1.48. The highest BCUT2D eigenvalue weighted by atomic mass is 32.1. The minimum absolute atomic E-state index is 0.00244. The maximum Gasteiger partial charge on any atom is 0.265 e. The number of amides is 1. The van der Waals surface area contributed by atoms with Crippen molar-refractivity contribution in [3.63, 3.8) is 0 Å². The van der Waals surface area contributed by atoms with Gasteiger partial charge in [0, 0.05) is 13.1 Å². The molecule has 1 aromatic rings.